The van der Waals surface area contributed by atoms with Crippen LogP contribution >= 0.6 is 0 Å². The number of hydrogen-bond donors (Lipinski definition) is 0. The summed E-state index contributed by atoms with van der Waals surface area (Å²) >= 11 is 0. The Kier molecular flexibility index (Phi) is 5.38. The molecule has 2 heterocycles. The number of hydrogen-bond acceptors (Lipinski definition) is 6. The molecule has 0 atom stereocenters. The standard InChI is InChI=1S/C30H19NO6/c32-26-15-21(27-22-9-5-4-8-19(22)11-13-25(27)37-26)17-36-30(35)20-10-12-23-24(14-20)29(34)31(28(23)33)16-18-6-2-1-3-7-18/h1-15H,16-17H2. The average molecular weight is 489 g/mol. The molecule has 0 aliphatic carbocycles. The molecule has 0 fully saturated rings. The zero-order valence-corrected chi connectivity index (χ0v) is 19.5. The number of imide groups is 1. The Morgan fingerprint density at radius 1 is 0.784 bits per heavy atom. The van der Waals surface area contributed by atoms with Crippen molar-refractivity contribution in [2.45, 2.75) is 13.2 Å². The molecule has 180 valence electrons. The van der Waals surface area contributed by atoms with Crippen molar-refractivity contribution >= 4 is 39.5 Å². The van der Waals surface area contributed by atoms with Crippen LogP contribution in [-0.4, -0.2) is 22.7 Å². The minimum absolute atomic E-state index is 0.138. The second kappa shape index (κ2) is 8.87. The number of esters is 1. The summed E-state index contributed by atoms with van der Waals surface area (Å²) in [6, 6.07) is 26.1. The summed E-state index contributed by atoms with van der Waals surface area (Å²) in [5, 5.41) is 2.52. The van der Waals surface area contributed by atoms with Crippen LogP contribution in [0.25, 0.3) is 21.7 Å². The normalized spacial score (nSPS) is 12.8. The highest BCUT2D eigenvalue weighted by Crippen LogP contribution is 2.29. The lowest BCUT2D eigenvalue weighted by Gasteiger charge is -2.13. The maximum Gasteiger partial charge on any atom is 0.338 e. The Labute approximate surface area is 210 Å². The van der Waals surface area contributed by atoms with E-state index in [4.69, 9.17) is 9.15 Å². The van der Waals surface area contributed by atoms with Gasteiger partial charge in [0.05, 0.1) is 23.2 Å². The summed E-state index contributed by atoms with van der Waals surface area (Å²) in [7, 11) is 0. The maximum atomic E-state index is 13.0. The molecule has 1 aromatic heterocycles. The Bertz CT molecular complexity index is 1790. The number of carbonyl (C=O) groups excluding carboxylic acids is 3. The van der Waals surface area contributed by atoms with E-state index in [-0.39, 0.29) is 29.8 Å². The summed E-state index contributed by atoms with van der Waals surface area (Å²) in [5.74, 6) is -1.54. The summed E-state index contributed by atoms with van der Waals surface area (Å²) in [5.41, 5.74) is 1.73. The molecule has 0 radical (unpaired) electrons. The number of ether oxygens (including phenoxy) is 1. The average Bonchev–Trinajstić information content (AvgIpc) is 3.16. The molecule has 0 bridgehead atoms. The van der Waals surface area contributed by atoms with E-state index >= 15 is 0 Å². The molecule has 0 spiro atoms. The molecule has 5 aromatic rings. The van der Waals surface area contributed by atoms with Crippen LogP contribution in [0.4, 0.5) is 0 Å². The SMILES string of the molecule is O=C(OCc1cc(=O)oc2ccc3ccccc3c12)c1ccc2c(c1)C(=O)N(Cc1ccccc1)C2=O. The van der Waals surface area contributed by atoms with E-state index in [0.717, 1.165) is 21.2 Å². The van der Waals surface area contributed by atoms with Gasteiger partial charge < -0.3 is 9.15 Å². The van der Waals surface area contributed by atoms with Crippen LogP contribution in [0.5, 0.6) is 0 Å². The molecule has 0 saturated heterocycles. The third-order valence-electron chi connectivity index (χ3n) is 6.46. The second-order valence-electron chi connectivity index (χ2n) is 8.77. The minimum Gasteiger partial charge on any atom is -0.457 e. The van der Waals surface area contributed by atoms with Gasteiger partial charge in [0, 0.05) is 17.0 Å². The quantitative estimate of drug-likeness (QED) is 0.148. The molecule has 0 unspecified atom stereocenters. The molecule has 37 heavy (non-hydrogen) atoms. The molecule has 6 rings (SSSR count). The maximum absolute atomic E-state index is 13.0. The molecule has 0 N–H and O–H groups in total. The van der Waals surface area contributed by atoms with Crippen molar-refractivity contribution in [3.8, 4) is 0 Å². The van der Waals surface area contributed by atoms with Gasteiger partial charge in [0.25, 0.3) is 11.8 Å². The van der Waals surface area contributed by atoms with Crippen molar-refractivity contribution < 1.29 is 23.5 Å². The Morgan fingerprint density at radius 3 is 2.38 bits per heavy atom. The molecule has 1 aliphatic rings. The van der Waals surface area contributed by atoms with Gasteiger partial charge in [-0.1, -0.05) is 60.7 Å². The van der Waals surface area contributed by atoms with E-state index < -0.39 is 23.4 Å². The number of carbonyl (C=O) groups is 3. The van der Waals surface area contributed by atoms with Gasteiger partial charge in [-0.3, -0.25) is 14.5 Å². The van der Waals surface area contributed by atoms with Gasteiger partial charge in [0.2, 0.25) is 0 Å². The number of benzene rings is 4. The zero-order valence-electron chi connectivity index (χ0n) is 19.5. The fourth-order valence-electron chi connectivity index (χ4n) is 4.69. The van der Waals surface area contributed by atoms with E-state index in [1.54, 1.807) is 6.07 Å². The fourth-order valence-corrected chi connectivity index (χ4v) is 4.69. The minimum atomic E-state index is -0.675. The van der Waals surface area contributed by atoms with Crippen molar-refractivity contribution in [1.82, 2.24) is 4.90 Å². The highest BCUT2D eigenvalue weighted by atomic mass is 16.5. The largest absolute Gasteiger partial charge is 0.457 e. The van der Waals surface area contributed by atoms with E-state index in [1.807, 2.05) is 60.7 Å². The van der Waals surface area contributed by atoms with Crippen molar-refractivity contribution in [3.63, 3.8) is 0 Å². The first-order chi connectivity index (χ1) is 18.0. The van der Waals surface area contributed by atoms with E-state index in [1.165, 1.54) is 24.3 Å². The van der Waals surface area contributed by atoms with Gasteiger partial charge >= 0.3 is 11.6 Å². The van der Waals surface area contributed by atoms with Crippen LogP contribution in [0.3, 0.4) is 0 Å². The van der Waals surface area contributed by atoms with Crippen LogP contribution in [0.2, 0.25) is 0 Å². The number of amides is 2. The van der Waals surface area contributed by atoms with Gasteiger partial charge in [-0.15, -0.1) is 0 Å². The van der Waals surface area contributed by atoms with Crippen molar-refractivity contribution in [2.24, 2.45) is 0 Å². The Morgan fingerprint density at radius 2 is 1.54 bits per heavy atom. The molecular weight excluding hydrogens is 470 g/mol. The molecular formula is C30H19NO6. The molecule has 7 nitrogen and oxygen atoms in total. The van der Waals surface area contributed by atoms with Gasteiger partial charge in [0.15, 0.2) is 0 Å². The van der Waals surface area contributed by atoms with Crippen molar-refractivity contribution in [1.29, 1.82) is 0 Å². The summed E-state index contributed by atoms with van der Waals surface area (Å²) in [6.07, 6.45) is 0. The topological polar surface area (TPSA) is 93.9 Å². The van der Waals surface area contributed by atoms with Crippen LogP contribution < -0.4 is 5.63 Å². The van der Waals surface area contributed by atoms with Gasteiger partial charge in [-0.25, -0.2) is 9.59 Å². The number of nitrogens with zero attached hydrogens (tertiary/aromatic N) is 1. The van der Waals surface area contributed by atoms with Gasteiger partial charge in [-0.2, -0.15) is 0 Å². The third kappa shape index (κ3) is 3.96. The first-order valence-corrected chi connectivity index (χ1v) is 11.7. The predicted octanol–water partition coefficient (Wildman–Crippen LogP) is 5.10. The van der Waals surface area contributed by atoms with E-state index in [2.05, 4.69) is 0 Å². The van der Waals surface area contributed by atoms with Gasteiger partial charge in [0.1, 0.15) is 12.2 Å². The van der Waals surface area contributed by atoms with Crippen molar-refractivity contribution in [3.05, 3.63) is 129 Å². The molecule has 4 aromatic carbocycles. The summed E-state index contributed by atoms with van der Waals surface area (Å²) in [4.78, 5) is 52.0. The highest BCUT2D eigenvalue weighted by molar-refractivity contribution is 6.21. The van der Waals surface area contributed by atoms with Gasteiger partial charge in [-0.05, 0) is 40.6 Å². The smallest absolute Gasteiger partial charge is 0.338 e. The van der Waals surface area contributed by atoms with Crippen molar-refractivity contribution in [2.75, 3.05) is 0 Å². The third-order valence-corrected chi connectivity index (χ3v) is 6.46. The van der Waals surface area contributed by atoms with Crippen LogP contribution in [0.1, 0.15) is 42.2 Å². The molecule has 0 saturated carbocycles. The predicted molar refractivity (Wildman–Crippen MR) is 136 cm³/mol. The van der Waals surface area contributed by atoms with E-state index in [9.17, 15) is 19.2 Å². The summed E-state index contributed by atoms with van der Waals surface area (Å²) in [6.45, 7) is -0.0242. The molecule has 7 heteroatoms. The molecule has 2 amide bonds. The lowest BCUT2D eigenvalue weighted by Crippen LogP contribution is -2.29. The fraction of sp³-hybridized carbons (Fsp3) is 0.0667. The number of rotatable bonds is 5. The van der Waals surface area contributed by atoms with Crippen LogP contribution in [0, 0.1) is 0 Å². The van der Waals surface area contributed by atoms with E-state index in [0.29, 0.717) is 16.5 Å². The monoisotopic (exact) mass is 489 g/mol. The lowest BCUT2D eigenvalue weighted by molar-refractivity contribution is 0.0473. The Balaban J connectivity index is 1.26. The second-order valence-corrected chi connectivity index (χ2v) is 8.77. The first kappa shape index (κ1) is 22.4. The van der Waals surface area contributed by atoms with Crippen LogP contribution in [0.15, 0.2) is 100 Å². The molecule has 1 aliphatic heterocycles. The Hall–Kier alpha value is -5.04. The highest BCUT2D eigenvalue weighted by Gasteiger charge is 2.36. The number of fused-ring (bicyclic) bond motifs is 4. The summed E-state index contributed by atoms with van der Waals surface area (Å²) < 4.78 is 10.9. The zero-order chi connectivity index (χ0) is 25.5. The van der Waals surface area contributed by atoms with Crippen LogP contribution in [-0.2, 0) is 17.9 Å². The first-order valence-electron chi connectivity index (χ1n) is 11.7. The lowest BCUT2D eigenvalue weighted by atomic mass is 10.0.